The number of hydrogen-bond donors (Lipinski definition) is 0. The van der Waals surface area contributed by atoms with Gasteiger partial charge in [0.25, 0.3) is 0 Å². The first-order valence-corrected chi connectivity index (χ1v) is 10.8. The second-order valence-corrected chi connectivity index (χ2v) is 7.32. The molecule has 0 spiro atoms. The molecule has 0 aliphatic rings. The highest BCUT2D eigenvalue weighted by Gasteiger charge is 2.27. The topological polar surface area (TPSA) is 96.8 Å². The molecule has 0 N–H and O–H groups in total. The number of alkyl halides is 3. The number of esters is 2. The fourth-order valence-corrected chi connectivity index (χ4v) is 2.97. The van der Waals surface area contributed by atoms with E-state index in [4.69, 9.17) is 18.9 Å². The zero-order valence-corrected chi connectivity index (χ0v) is 19.5. The molecule has 0 aliphatic carbocycles. The van der Waals surface area contributed by atoms with E-state index in [0.29, 0.717) is 23.4 Å². The summed E-state index contributed by atoms with van der Waals surface area (Å²) < 4.78 is 58.0. The van der Waals surface area contributed by atoms with Crippen LogP contribution in [0.15, 0.2) is 43.1 Å². The number of carbonyl (C=O) groups is 2. The molecule has 0 aliphatic heterocycles. The van der Waals surface area contributed by atoms with Crippen LogP contribution in [0.25, 0.3) is 0 Å². The van der Waals surface area contributed by atoms with E-state index >= 15 is 0 Å². The second-order valence-electron chi connectivity index (χ2n) is 7.32. The predicted octanol–water partition coefficient (Wildman–Crippen LogP) is 4.15. The summed E-state index contributed by atoms with van der Waals surface area (Å²) in [5, 5.41) is 0. The molecule has 0 saturated heterocycles. The molecule has 2 rings (SSSR count). The number of hydrogen-bond acceptors (Lipinski definition) is 8. The Morgan fingerprint density at radius 1 is 1.20 bits per heavy atom. The van der Waals surface area contributed by atoms with Crippen LogP contribution in [0.5, 0.6) is 11.8 Å². The summed E-state index contributed by atoms with van der Waals surface area (Å²) in [6.07, 6.45) is -3.00. The van der Waals surface area contributed by atoms with Gasteiger partial charge in [-0.2, -0.15) is 18.2 Å². The standard InChI is InChI=1S/C24H27F3N2O6/c1-4-6-17-7-8-20(18(13-17)14-21(35-16(3)30)22(31)32-5-2)34-15-19-9-11-28-23(29-19)33-12-10-24(25,26)27/h4,7-9,11,13,21H,1,5-6,10,12,14-15H2,2-3H3/t21-/m1/s1. The number of benzene rings is 1. The van der Waals surface area contributed by atoms with Gasteiger partial charge in [0.05, 0.1) is 18.7 Å². The van der Waals surface area contributed by atoms with Gasteiger partial charge in [-0.3, -0.25) is 4.79 Å². The van der Waals surface area contributed by atoms with Crippen molar-refractivity contribution < 1.29 is 41.7 Å². The van der Waals surface area contributed by atoms with E-state index in [1.54, 1.807) is 25.1 Å². The van der Waals surface area contributed by atoms with Crippen LogP contribution >= 0.6 is 0 Å². The van der Waals surface area contributed by atoms with E-state index in [0.717, 1.165) is 5.56 Å². The number of rotatable bonds is 13. The van der Waals surface area contributed by atoms with Crippen molar-refractivity contribution >= 4 is 11.9 Å². The second kappa shape index (κ2) is 13.3. The molecule has 0 unspecified atom stereocenters. The van der Waals surface area contributed by atoms with E-state index in [9.17, 15) is 22.8 Å². The zero-order chi connectivity index (χ0) is 25.8. The van der Waals surface area contributed by atoms with Gasteiger partial charge in [-0.1, -0.05) is 18.2 Å². The van der Waals surface area contributed by atoms with E-state index in [1.165, 1.54) is 19.2 Å². The summed E-state index contributed by atoms with van der Waals surface area (Å²) in [5.41, 5.74) is 1.85. The largest absolute Gasteiger partial charge is 0.487 e. The summed E-state index contributed by atoms with van der Waals surface area (Å²) in [7, 11) is 0. The number of aromatic nitrogens is 2. The van der Waals surface area contributed by atoms with Crippen molar-refractivity contribution in [1.82, 2.24) is 9.97 Å². The summed E-state index contributed by atoms with van der Waals surface area (Å²) >= 11 is 0. The van der Waals surface area contributed by atoms with Crippen molar-refractivity contribution in [2.45, 2.75) is 52.0 Å². The third-order valence-electron chi connectivity index (χ3n) is 4.45. The first-order chi connectivity index (χ1) is 16.6. The first kappa shape index (κ1) is 27.6. The fourth-order valence-electron chi connectivity index (χ4n) is 2.97. The lowest BCUT2D eigenvalue weighted by molar-refractivity contribution is -0.166. The molecule has 2 aromatic rings. The molecular formula is C24H27F3N2O6. The van der Waals surface area contributed by atoms with Gasteiger partial charge in [0.2, 0.25) is 6.10 Å². The molecule has 35 heavy (non-hydrogen) atoms. The highest BCUT2D eigenvalue weighted by molar-refractivity contribution is 5.79. The van der Waals surface area contributed by atoms with Gasteiger partial charge >= 0.3 is 24.1 Å². The van der Waals surface area contributed by atoms with Crippen LogP contribution in [-0.4, -0.2) is 47.4 Å². The lowest BCUT2D eigenvalue weighted by Crippen LogP contribution is -2.30. The van der Waals surface area contributed by atoms with E-state index in [1.807, 2.05) is 6.07 Å². The van der Waals surface area contributed by atoms with Gasteiger partial charge in [0.15, 0.2) is 0 Å². The molecule has 0 saturated carbocycles. The van der Waals surface area contributed by atoms with Crippen molar-refractivity contribution in [2.75, 3.05) is 13.2 Å². The minimum Gasteiger partial charge on any atom is -0.487 e. The molecular weight excluding hydrogens is 469 g/mol. The third-order valence-corrected chi connectivity index (χ3v) is 4.45. The van der Waals surface area contributed by atoms with Crippen LogP contribution in [0, 0.1) is 0 Å². The molecule has 1 heterocycles. The summed E-state index contributed by atoms with van der Waals surface area (Å²) in [6, 6.07) is 6.65. The number of allylic oxidation sites excluding steroid dienone is 1. The number of halogens is 3. The van der Waals surface area contributed by atoms with Crippen LogP contribution < -0.4 is 9.47 Å². The Balaban J connectivity index is 2.18. The minimum absolute atomic E-state index is 0.00824. The maximum Gasteiger partial charge on any atom is 0.392 e. The quantitative estimate of drug-likeness (QED) is 0.301. The summed E-state index contributed by atoms with van der Waals surface area (Å²) in [5.74, 6) is -0.913. The number of carbonyl (C=O) groups excluding carboxylic acids is 2. The van der Waals surface area contributed by atoms with Crippen molar-refractivity contribution in [3.63, 3.8) is 0 Å². The van der Waals surface area contributed by atoms with Gasteiger partial charge in [-0.05, 0) is 36.6 Å². The van der Waals surface area contributed by atoms with Crippen LogP contribution in [0.4, 0.5) is 13.2 Å². The Hall–Kier alpha value is -3.63. The van der Waals surface area contributed by atoms with Gasteiger partial charge in [-0.15, -0.1) is 6.58 Å². The molecule has 190 valence electrons. The molecule has 0 bridgehead atoms. The van der Waals surface area contributed by atoms with E-state index in [2.05, 4.69) is 16.5 Å². The highest BCUT2D eigenvalue weighted by Crippen LogP contribution is 2.25. The lowest BCUT2D eigenvalue weighted by atomic mass is 10.0. The van der Waals surface area contributed by atoms with Gasteiger partial charge in [0, 0.05) is 19.5 Å². The van der Waals surface area contributed by atoms with Crippen LogP contribution in [0.1, 0.15) is 37.1 Å². The van der Waals surface area contributed by atoms with Crippen molar-refractivity contribution in [1.29, 1.82) is 0 Å². The first-order valence-electron chi connectivity index (χ1n) is 10.8. The molecule has 1 aromatic heterocycles. The molecule has 1 aromatic carbocycles. The minimum atomic E-state index is -4.34. The van der Waals surface area contributed by atoms with Gasteiger partial charge in [-0.25, -0.2) is 9.78 Å². The number of ether oxygens (including phenoxy) is 4. The van der Waals surface area contributed by atoms with Crippen molar-refractivity contribution in [3.8, 4) is 11.8 Å². The Morgan fingerprint density at radius 3 is 2.63 bits per heavy atom. The zero-order valence-electron chi connectivity index (χ0n) is 19.5. The lowest BCUT2D eigenvalue weighted by Gasteiger charge is -2.18. The summed E-state index contributed by atoms with van der Waals surface area (Å²) in [6.45, 7) is 6.02. The Bertz CT molecular complexity index is 1010. The van der Waals surface area contributed by atoms with Crippen molar-refractivity contribution in [3.05, 3.63) is 59.9 Å². The van der Waals surface area contributed by atoms with Crippen LogP contribution in [-0.2, 0) is 38.5 Å². The molecule has 0 amide bonds. The maximum atomic E-state index is 12.3. The molecule has 8 nitrogen and oxygen atoms in total. The van der Waals surface area contributed by atoms with Crippen LogP contribution in [0.2, 0.25) is 0 Å². The number of nitrogens with zero attached hydrogens (tertiary/aromatic N) is 2. The van der Waals surface area contributed by atoms with E-state index < -0.39 is 37.2 Å². The molecule has 11 heteroatoms. The van der Waals surface area contributed by atoms with Gasteiger partial charge < -0.3 is 18.9 Å². The molecule has 0 fully saturated rings. The van der Waals surface area contributed by atoms with E-state index in [-0.39, 0.29) is 25.6 Å². The predicted molar refractivity (Wildman–Crippen MR) is 119 cm³/mol. The average molecular weight is 496 g/mol. The fraction of sp³-hybridized carbons (Fsp3) is 0.417. The third kappa shape index (κ3) is 10.0. The molecule has 1 atom stereocenters. The Labute approximate surface area is 201 Å². The monoisotopic (exact) mass is 496 g/mol. The average Bonchev–Trinajstić information content (AvgIpc) is 2.77. The van der Waals surface area contributed by atoms with Crippen molar-refractivity contribution in [2.24, 2.45) is 0 Å². The highest BCUT2D eigenvalue weighted by atomic mass is 19.4. The smallest absolute Gasteiger partial charge is 0.392 e. The van der Waals surface area contributed by atoms with Gasteiger partial charge in [0.1, 0.15) is 19.0 Å². The summed E-state index contributed by atoms with van der Waals surface area (Å²) in [4.78, 5) is 31.7. The SMILES string of the molecule is C=CCc1ccc(OCc2ccnc(OCCC(F)(F)F)n2)c(C[C@@H](OC(C)=O)C(=O)OCC)c1. The molecule has 0 radical (unpaired) electrons. The Morgan fingerprint density at radius 2 is 1.97 bits per heavy atom. The Kier molecular flexibility index (Phi) is 10.5. The maximum absolute atomic E-state index is 12.3. The normalized spacial score (nSPS) is 11.9. The van der Waals surface area contributed by atoms with Crippen LogP contribution in [0.3, 0.4) is 0 Å².